The maximum atomic E-state index is 11.9. The third-order valence-corrected chi connectivity index (χ3v) is 3.70. The van der Waals surface area contributed by atoms with Crippen molar-refractivity contribution in [2.45, 2.75) is 13.0 Å². The molecule has 2 aromatic heterocycles. The van der Waals surface area contributed by atoms with Gasteiger partial charge in [-0.3, -0.25) is 4.79 Å². The second-order valence-electron chi connectivity index (χ2n) is 3.64. The van der Waals surface area contributed by atoms with Crippen LogP contribution in [0.3, 0.4) is 0 Å². The van der Waals surface area contributed by atoms with Crippen molar-refractivity contribution in [1.29, 1.82) is 0 Å². The molecule has 4 nitrogen and oxygen atoms in total. The lowest BCUT2D eigenvalue weighted by Gasteiger charge is -2.00. The number of thiophene rings is 1. The largest absolute Gasteiger partial charge is 0.395 e. The molecule has 0 aliphatic heterocycles. The minimum absolute atomic E-state index is 0.0549. The maximum absolute atomic E-state index is 11.9. The average Bonchev–Trinajstić information content (AvgIpc) is 3.07. The summed E-state index contributed by atoms with van der Waals surface area (Å²) in [5, 5.41) is 15.1. The lowest BCUT2D eigenvalue weighted by Crippen LogP contribution is -2.22. The molecule has 0 aliphatic rings. The minimum Gasteiger partial charge on any atom is -0.395 e. The fourth-order valence-corrected chi connectivity index (χ4v) is 2.64. The van der Waals surface area contributed by atoms with E-state index in [4.69, 9.17) is 5.11 Å². The monoisotopic (exact) mass is 292 g/mol. The number of nitrogens with zero attached hydrogens (tertiary/aromatic N) is 1. The van der Waals surface area contributed by atoms with Gasteiger partial charge >= 0.3 is 0 Å². The molecule has 2 rings (SSSR count). The molecule has 0 atom stereocenters. The molecule has 0 unspecified atom stereocenters. The van der Waals surface area contributed by atoms with E-state index in [-0.39, 0.29) is 12.5 Å². The Morgan fingerprint density at radius 2 is 2.37 bits per heavy atom. The number of carbonyl (C=O) groups is 1. The quantitative estimate of drug-likeness (QED) is 0.846. The van der Waals surface area contributed by atoms with Gasteiger partial charge in [0.05, 0.1) is 34.8 Å². The molecule has 19 heavy (non-hydrogen) atoms. The van der Waals surface area contributed by atoms with Crippen LogP contribution < -0.4 is 5.32 Å². The molecule has 6 heteroatoms. The van der Waals surface area contributed by atoms with Crippen LogP contribution in [0.1, 0.15) is 27.3 Å². The van der Waals surface area contributed by atoms with Crippen LogP contribution >= 0.6 is 22.7 Å². The van der Waals surface area contributed by atoms with E-state index < -0.39 is 0 Å². The van der Waals surface area contributed by atoms with Crippen LogP contribution in [0, 0.1) is 11.8 Å². The highest BCUT2D eigenvalue weighted by molar-refractivity contribution is 7.10. The van der Waals surface area contributed by atoms with Gasteiger partial charge in [-0.15, -0.1) is 22.7 Å². The molecule has 0 aromatic carbocycles. The normalized spacial score (nSPS) is 9.74. The Labute approximate surface area is 119 Å². The van der Waals surface area contributed by atoms with Crippen LogP contribution in [0.5, 0.6) is 0 Å². The van der Waals surface area contributed by atoms with E-state index in [0.717, 1.165) is 10.6 Å². The van der Waals surface area contributed by atoms with Crippen molar-refractivity contribution in [1.82, 2.24) is 10.3 Å². The number of thiazole rings is 1. The van der Waals surface area contributed by atoms with E-state index >= 15 is 0 Å². The summed E-state index contributed by atoms with van der Waals surface area (Å²) in [5.41, 5.74) is 3.20. The van der Waals surface area contributed by atoms with E-state index in [2.05, 4.69) is 22.1 Å². The molecule has 0 bridgehead atoms. The molecule has 0 saturated carbocycles. The van der Waals surface area contributed by atoms with Crippen LogP contribution in [0.2, 0.25) is 0 Å². The molecular formula is C13H12N2O2S2. The van der Waals surface area contributed by atoms with E-state index in [0.29, 0.717) is 18.5 Å². The van der Waals surface area contributed by atoms with E-state index in [1.807, 2.05) is 5.38 Å². The summed E-state index contributed by atoms with van der Waals surface area (Å²) >= 11 is 2.93. The Hall–Kier alpha value is -1.68. The summed E-state index contributed by atoms with van der Waals surface area (Å²) in [6.07, 6.45) is 0.448. The van der Waals surface area contributed by atoms with Gasteiger partial charge in [0.1, 0.15) is 0 Å². The van der Waals surface area contributed by atoms with Gasteiger partial charge in [-0.25, -0.2) is 4.98 Å². The molecular weight excluding hydrogens is 280 g/mol. The Balaban J connectivity index is 1.91. The van der Waals surface area contributed by atoms with E-state index in [1.54, 1.807) is 17.0 Å². The third-order valence-electron chi connectivity index (χ3n) is 2.22. The first kappa shape index (κ1) is 13.7. The van der Waals surface area contributed by atoms with Crippen LogP contribution in [-0.4, -0.2) is 22.6 Å². The van der Waals surface area contributed by atoms with Crippen molar-refractivity contribution >= 4 is 28.6 Å². The molecule has 2 aromatic rings. The van der Waals surface area contributed by atoms with Crippen molar-refractivity contribution < 1.29 is 9.90 Å². The highest BCUT2D eigenvalue weighted by Gasteiger charge is 2.08. The molecule has 2 heterocycles. The van der Waals surface area contributed by atoms with Gasteiger partial charge in [0.2, 0.25) is 0 Å². The fraction of sp³-hybridized carbons (Fsp3) is 0.231. The number of carbonyl (C=O) groups excluding carboxylic acids is 1. The Bertz CT molecular complexity index is 594. The number of rotatable bonds is 4. The van der Waals surface area contributed by atoms with Crippen molar-refractivity contribution in [3.63, 3.8) is 0 Å². The van der Waals surface area contributed by atoms with Gasteiger partial charge < -0.3 is 10.4 Å². The van der Waals surface area contributed by atoms with Crippen LogP contribution in [0.4, 0.5) is 0 Å². The molecule has 0 spiro atoms. The van der Waals surface area contributed by atoms with Crippen molar-refractivity contribution in [2.75, 3.05) is 6.61 Å². The summed E-state index contributed by atoms with van der Waals surface area (Å²) in [6.45, 7) is 0.489. The summed E-state index contributed by atoms with van der Waals surface area (Å²) in [6, 6.07) is 1.76. The van der Waals surface area contributed by atoms with Gasteiger partial charge in [0.15, 0.2) is 0 Å². The molecule has 0 aliphatic carbocycles. The van der Waals surface area contributed by atoms with Gasteiger partial charge in [-0.05, 0) is 6.07 Å². The second-order valence-corrected chi connectivity index (χ2v) is 5.27. The predicted molar refractivity (Wildman–Crippen MR) is 76.2 cm³/mol. The highest BCUT2D eigenvalue weighted by Crippen LogP contribution is 2.13. The smallest absolute Gasteiger partial charge is 0.252 e. The lowest BCUT2D eigenvalue weighted by atomic mass is 10.3. The molecule has 2 N–H and O–H groups in total. The van der Waals surface area contributed by atoms with Crippen molar-refractivity contribution in [3.05, 3.63) is 38.5 Å². The van der Waals surface area contributed by atoms with Crippen LogP contribution in [-0.2, 0) is 6.54 Å². The second kappa shape index (κ2) is 7.04. The van der Waals surface area contributed by atoms with Crippen molar-refractivity contribution in [3.8, 4) is 11.8 Å². The first-order chi connectivity index (χ1) is 9.29. The van der Waals surface area contributed by atoms with E-state index in [9.17, 15) is 4.79 Å². The number of hydrogen-bond donors (Lipinski definition) is 2. The summed E-state index contributed by atoms with van der Waals surface area (Å²) in [4.78, 5) is 16.8. The van der Waals surface area contributed by atoms with Gasteiger partial charge in [-0.1, -0.05) is 11.8 Å². The molecule has 0 radical (unpaired) electrons. The lowest BCUT2D eigenvalue weighted by molar-refractivity contribution is 0.0951. The Morgan fingerprint density at radius 1 is 1.47 bits per heavy atom. The number of aromatic nitrogens is 1. The molecule has 0 fully saturated rings. The topological polar surface area (TPSA) is 62.2 Å². The Kier molecular flexibility index (Phi) is 5.10. The highest BCUT2D eigenvalue weighted by atomic mass is 32.1. The minimum atomic E-state index is -0.126. The fourth-order valence-electron chi connectivity index (χ4n) is 1.32. The van der Waals surface area contributed by atoms with Crippen molar-refractivity contribution in [2.24, 2.45) is 0 Å². The summed E-state index contributed by atoms with van der Waals surface area (Å²) in [7, 11) is 0. The van der Waals surface area contributed by atoms with Crippen LogP contribution in [0.25, 0.3) is 0 Å². The van der Waals surface area contributed by atoms with Crippen LogP contribution in [0.15, 0.2) is 22.3 Å². The van der Waals surface area contributed by atoms with Gasteiger partial charge in [0, 0.05) is 17.2 Å². The SMILES string of the molecule is O=C(NCc1cscn1)c1csc(C#CCCO)c1. The molecule has 98 valence electrons. The van der Waals surface area contributed by atoms with Gasteiger partial charge in [0.25, 0.3) is 5.91 Å². The summed E-state index contributed by atoms with van der Waals surface area (Å²) in [5.74, 6) is 5.61. The average molecular weight is 292 g/mol. The zero-order chi connectivity index (χ0) is 13.5. The molecule has 0 saturated heterocycles. The van der Waals surface area contributed by atoms with E-state index in [1.165, 1.54) is 22.7 Å². The number of aliphatic hydroxyl groups is 1. The number of aliphatic hydroxyl groups excluding tert-OH is 1. The Morgan fingerprint density at radius 3 is 3.11 bits per heavy atom. The third kappa shape index (κ3) is 4.17. The first-order valence-electron chi connectivity index (χ1n) is 5.63. The van der Waals surface area contributed by atoms with Gasteiger partial charge in [-0.2, -0.15) is 0 Å². The zero-order valence-corrected chi connectivity index (χ0v) is 11.7. The first-order valence-corrected chi connectivity index (χ1v) is 7.45. The number of nitrogens with one attached hydrogen (secondary N) is 1. The summed E-state index contributed by atoms with van der Waals surface area (Å²) < 4.78 is 0. The maximum Gasteiger partial charge on any atom is 0.252 e. The molecule has 1 amide bonds. The predicted octanol–water partition coefficient (Wildman–Crippen LogP) is 1.87. The number of amides is 1. The zero-order valence-electron chi connectivity index (χ0n) is 10.0. The number of hydrogen-bond acceptors (Lipinski definition) is 5. The standard InChI is InChI=1S/C13H12N2O2S2/c16-4-2-1-3-12-5-10(7-19-12)13(17)14-6-11-8-18-9-15-11/h5,7-9,16H,2,4,6H2,(H,14,17).